The number of ether oxygens (including phenoxy) is 1. The summed E-state index contributed by atoms with van der Waals surface area (Å²) in [6.07, 6.45) is 0. The van der Waals surface area contributed by atoms with Crippen LogP contribution in [0.2, 0.25) is 0 Å². The monoisotopic (exact) mass is 387 g/mol. The van der Waals surface area contributed by atoms with Crippen LogP contribution in [-0.2, 0) is 16.6 Å². The molecule has 0 heterocycles. The van der Waals surface area contributed by atoms with Crippen LogP contribution in [0.5, 0.6) is 5.75 Å². The summed E-state index contributed by atoms with van der Waals surface area (Å²) in [6, 6.07) is 8.97. The predicted octanol–water partition coefficient (Wildman–Crippen LogP) is 3.38. The van der Waals surface area contributed by atoms with E-state index in [0.717, 1.165) is 5.56 Å². The van der Waals surface area contributed by atoms with Gasteiger partial charge in [0, 0.05) is 11.0 Å². The number of halogens is 2. The summed E-state index contributed by atoms with van der Waals surface area (Å²) in [5, 5.41) is 0. The minimum Gasteiger partial charge on any atom is -0.495 e. The van der Waals surface area contributed by atoms with Crippen molar-refractivity contribution in [2.75, 3.05) is 7.11 Å². The third-order valence-corrected chi connectivity index (χ3v) is 5.09. The van der Waals surface area contributed by atoms with Crippen molar-refractivity contribution in [3.63, 3.8) is 0 Å². The first-order valence-corrected chi connectivity index (χ1v) is 8.69. The third kappa shape index (κ3) is 3.85. The van der Waals surface area contributed by atoms with Gasteiger partial charge in [0.1, 0.15) is 16.5 Å². The second-order valence-corrected chi connectivity index (χ2v) is 7.34. The summed E-state index contributed by atoms with van der Waals surface area (Å²) >= 11 is 3.24. The average molecular weight is 388 g/mol. The van der Waals surface area contributed by atoms with Crippen molar-refractivity contribution in [1.29, 1.82) is 0 Å². The maximum Gasteiger partial charge on any atom is 0.244 e. The molecule has 1 N–H and O–H groups in total. The molecule has 0 atom stereocenters. The van der Waals surface area contributed by atoms with E-state index in [9.17, 15) is 12.8 Å². The standard InChI is InChI=1S/C15H15BrFNO3S/c1-10-3-5-13(17)7-11(10)9-18-22(19,20)15-8-12(16)4-6-14(15)21-2/h3-8,18H,9H2,1-2H3. The zero-order valence-electron chi connectivity index (χ0n) is 12.1. The van der Waals surface area contributed by atoms with E-state index in [2.05, 4.69) is 20.7 Å². The smallest absolute Gasteiger partial charge is 0.244 e. The van der Waals surface area contributed by atoms with E-state index >= 15 is 0 Å². The van der Waals surface area contributed by atoms with E-state index in [-0.39, 0.29) is 17.2 Å². The van der Waals surface area contributed by atoms with Gasteiger partial charge in [-0.15, -0.1) is 0 Å². The maximum absolute atomic E-state index is 13.3. The van der Waals surface area contributed by atoms with E-state index in [1.807, 2.05) is 0 Å². The second-order valence-electron chi connectivity index (χ2n) is 4.69. The molecule has 118 valence electrons. The zero-order chi connectivity index (χ0) is 16.3. The molecule has 0 aliphatic rings. The molecule has 4 nitrogen and oxygen atoms in total. The van der Waals surface area contributed by atoms with Crippen LogP contribution in [0.15, 0.2) is 45.8 Å². The summed E-state index contributed by atoms with van der Waals surface area (Å²) in [4.78, 5) is 0.0263. The van der Waals surface area contributed by atoms with Gasteiger partial charge in [-0.1, -0.05) is 22.0 Å². The lowest BCUT2D eigenvalue weighted by Gasteiger charge is -2.12. The van der Waals surface area contributed by atoms with Crippen LogP contribution in [0.1, 0.15) is 11.1 Å². The third-order valence-electron chi connectivity index (χ3n) is 3.18. The fourth-order valence-corrected chi connectivity index (χ4v) is 3.65. The van der Waals surface area contributed by atoms with E-state index in [0.29, 0.717) is 10.0 Å². The molecule has 0 saturated heterocycles. The molecule has 0 aliphatic heterocycles. The quantitative estimate of drug-likeness (QED) is 0.855. The Kier molecular flexibility index (Phi) is 5.20. The van der Waals surface area contributed by atoms with Crippen LogP contribution in [0.3, 0.4) is 0 Å². The number of hydrogen-bond donors (Lipinski definition) is 1. The normalized spacial score (nSPS) is 11.5. The number of hydrogen-bond acceptors (Lipinski definition) is 3. The van der Waals surface area contributed by atoms with E-state index < -0.39 is 15.8 Å². The molecule has 2 aromatic carbocycles. The first-order valence-electron chi connectivity index (χ1n) is 6.42. The molecule has 0 amide bonds. The molecule has 0 bridgehead atoms. The molecule has 0 fully saturated rings. The highest BCUT2D eigenvalue weighted by Crippen LogP contribution is 2.27. The summed E-state index contributed by atoms with van der Waals surface area (Å²) in [5.74, 6) is -0.161. The molecule has 0 radical (unpaired) electrons. The Morgan fingerprint density at radius 3 is 2.64 bits per heavy atom. The lowest BCUT2D eigenvalue weighted by Crippen LogP contribution is -2.24. The Labute approximate surface area is 137 Å². The molecular weight excluding hydrogens is 373 g/mol. The van der Waals surface area contributed by atoms with E-state index in [4.69, 9.17) is 4.74 Å². The zero-order valence-corrected chi connectivity index (χ0v) is 14.5. The molecule has 2 rings (SSSR count). The fraction of sp³-hybridized carbons (Fsp3) is 0.200. The number of sulfonamides is 1. The fourth-order valence-electron chi connectivity index (χ4n) is 1.94. The molecular formula is C15H15BrFNO3S. The van der Waals surface area contributed by atoms with Gasteiger partial charge in [-0.05, 0) is 48.4 Å². The molecule has 2 aromatic rings. The van der Waals surface area contributed by atoms with E-state index in [1.54, 1.807) is 25.1 Å². The van der Waals surface area contributed by atoms with Crippen LogP contribution in [0, 0.1) is 12.7 Å². The molecule has 7 heteroatoms. The van der Waals surface area contributed by atoms with Crippen LogP contribution in [0.25, 0.3) is 0 Å². The van der Waals surface area contributed by atoms with Crippen LogP contribution < -0.4 is 9.46 Å². The average Bonchev–Trinajstić information content (AvgIpc) is 2.48. The number of methoxy groups -OCH3 is 1. The summed E-state index contributed by atoms with van der Waals surface area (Å²) < 4.78 is 46.3. The molecule has 0 saturated carbocycles. The lowest BCUT2D eigenvalue weighted by molar-refractivity contribution is 0.402. The Morgan fingerprint density at radius 2 is 1.95 bits per heavy atom. The summed E-state index contributed by atoms with van der Waals surface area (Å²) in [5.41, 5.74) is 1.39. The van der Waals surface area contributed by atoms with Gasteiger partial charge in [0.15, 0.2) is 0 Å². The van der Waals surface area contributed by atoms with Crippen molar-refractivity contribution < 1.29 is 17.5 Å². The van der Waals surface area contributed by atoms with Gasteiger partial charge in [0.25, 0.3) is 0 Å². The predicted molar refractivity (Wildman–Crippen MR) is 85.9 cm³/mol. The Morgan fingerprint density at radius 1 is 1.23 bits per heavy atom. The topological polar surface area (TPSA) is 55.4 Å². The van der Waals surface area contributed by atoms with Crippen molar-refractivity contribution >= 4 is 26.0 Å². The highest BCUT2D eigenvalue weighted by atomic mass is 79.9. The molecule has 0 unspecified atom stereocenters. The SMILES string of the molecule is COc1ccc(Br)cc1S(=O)(=O)NCc1cc(F)ccc1C. The van der Waals surface area contributed by atoms with Gasteiger partial charge >= 0.3 is 0 Å². The van der Waals surface area contributed by atoms with Crippen molar-refractivity contribution in [3.05, 3.63) is 57.8 Å². The molecule has 22 heavy (non-hydrogen) atoms. The van der Waals surface area contributed by atoms with Gasteiger partial charge < -0.3 is 4.74 Å². The largest absolute Gasteiger partial charge is 0.495 e. The van der Waals surface area contributed by atoms with E-state index in [1.165, 1.54) is 25.3 Å². The van der Waals surface area contributed by atoms with Gasteiger partial charge in [0.2, 0.25) is 10.0 Å². The number of benzene rings is 2. The summed E-state index contributed by atoms with van der Waals surface area (Å²) in [6.45, 7) is 1.80. The Hall–Kier alpha value is -1.44. The minimum absolute atomic E-state index is 0.00158. The molecule has 0 aromatic heterocycles. The molecule has 0 spiro atoms. The Balaban J connectivity index is 2.28. The van der Waals surface area contributed by atoms with Crippen molar-refractivity contribution in [1.82, 2.24) is 4.72 Å². The van der Waals surface area contributed by atoms with Crippen LogP contribution in [-0.4, -0.2) is 15.5 Å². The number of aryl methyl sites for hydroxylation is 1. The van der Waals surface area contributed by atoms with Crippen molar-refractivity contribution in [2.45, 2.75) is 18.4 Å². The Bertz CT molecular complexity index is 793. The number of rotatable bonds is 5. The minimum atomic E-state index is -3.78. The lowest BCUT2D eigenvalue weighted by atomic mass is 10.1. The second kappa shape index (κ2) is 6.76. The van der Waals surface area contributed by atoms with Gasteiger partial charge in [0.05, 0.1) is 7.11 Å². The first-order chi connectivity index (χ1) is 10.3. The van der Waals surface area contributed by atoms with Crippen molar-refractivity contribution in [3.8, 4) is 5.75 Å². The van der Waals surface area contributed by atoms with Crippen molar-refractivity contribution in [2.24, 2.45) is 0 Å². The van der Waals surface area contributed by atoms with Crippen LogP contribution in [0.4, 0.5) is 4.39 Å². The van der Waals surface area contributed by atoms with Gasteiger partial charge in [-0.3, -0.25) is 0 Å². The highest BCUT2D eigenvalue weighted by Gasteiger charge is 2.20. The van der Waals surface area contributed by atoms with Crippen LogP contribution >= 0.6 is 15.9 Å². The summed E-state index contributed by atoms with van der Waals surface area (Å²) in [7, 11) is -2.38. The highest BCUT2D eigenvalue weighted by molar-refractivity contribution is 9.10. The first kappa shape index (κ1) is 16.9. The van der Waals surface area contributed by atoms with Gasteiger partial charge in [-0.25, -0.2) is 17.5 Å². The molecule has 0 aliphatic carbocycles. The van der Waals surface area contributed by atoms with Gasteiger partial charge in [-0.2, -0.15) is 0 Å². The number of nitrogens with one attached hydrogen (secondary N) is 1. The maximum atomic E-state index is 13.3.